The van der Waals surface area contributed by atoms with Crippen molar-refractivity contribution in [2.45, 2.75) is 12.2 Å². The molecular weight excluding hydrogens is 244 g/mol. The van der Waals surface area contributed by atoms with Gasteiger partial charge >= 0.3 is 6.09 Å². The molecule has 0 aliphatic carbocycles. The molecule has 18 heavy (non-hydrogen) atoms. The molecule has 6 heteroatoms. The van der Waals surface area contributed by atoms with Crippen LogP contribution < -0.4 is 0 Å². The predicted octanol–water partition coefficient (Wildman–Crippen LogP) is 2.51. The van der Waals surface area contributed by atoms with Gasteiger partial charge in [-0.3, -0.25) is 0 Å². The molecule has 0 fully saturated rings. The summed E-state index contributed by atoms with van der Waals surface area (Å²) in [6.45, 7) is -0.796. The second-order valence-corrected chi connectivity index (χ2v) is 4.21. The summed E-state index contributed by atoms with van der Waals surface area (Å²) in [5.41, 5.74) is 0.0248. The third kappa shape index (κ3) is 2.28. The Kier molecular flexibility index (Phi) is 3.21. The van der Waals surface area contributed by atoms with Crippen molar-refractivity contribution in [2.75, 3.05) is 20.7 Å². The molecule has 0 saturated heterocycles. The molecule has 0 aromatic heterocycles. The first-order valence-electron chi connectivity index (χ1n) is 5.38. The summed E-state index contributed by atoms with van der Waals surface area (Å²) in [5.74, 6) is -3.06. The van der Waals surface area contributed by atoms with Gasteiger partial charge in [0.15, 0.2) is 0 Å². The van der Waals surface area contributed by atoms with E-state index in [1.807, 2.05) is 0 Å². The van der Waals surface area contributed by atoms with Gasteiger partial charge in [0.25, 0.3) is 5.92 Å². The van der Waals surface area contributed by atoms with E-state index in [9.17, 15) is 13.6 Å². The molecule has 1 aromatic rings. The van der Waals surface area contributed by atoms with Crippen LogP contribution in [0.2, 0.25) is 0 Å². The van der Waals surface area contributed by atoms with Gasteiger partial charge in [-0.2, -0.15) is 8.78 Å². The number of halogens is 2. The van der Waals surface area contributed by atoms with Crippen molar-refractivity contribution in [2.24, 2.45) is 0 Å². The quantitative estimate of drug-likeness (QED) is 0.776. The normalized spacial score (nSPS) is 21.0. The Labute approximate surface area is 103 Å². The van der Waals surface area contributed by atoms with Gasteiger partial charge in [0.2, 0.25) is 6.29 Å². The van der Waals surface area contributed by atoms with E-state index in [-0.39, 0.29) is 11.1 Å². The Morgan fingerprint density at radius 2 is 2.11 bits per heavy atom. The zero-order chi connectivity index (χ0) is 13.3. The number of carbonyl (C=O) groups is 1. The summed E-state index contributed by atoms with van der Waals surface area (Å²) >= 11 is 0. The smallest absolute Gasteiger partial charge is 0.411 e. The van der Waals surface area contributed by atoms with Crippen LogP contribution in [0.4, 0.5) is 13.6 Å². The van der Waals surface area contributed by atoms with Crippen molar-refractivity contribution in [3.63, 3.8) is 0 Å². The largest absolute Gasteiger partial charge is 0.415 e. The van der Waals surface area contributed by atoms with Crippen LogP contribution >= 0.6 is 0 Å². The molecule has 1 amide bonds. The molecule has 1 heterocycles. The van der Waals surface area contributed by atoms with Gasteiger partial charge in [-0.25, -0.2) is 4.79 Å². The molecule has 4 nitrogen and oxygen atoms in total. The number of ether oxygens (including phenoxy) is 2. The highest BCUT2D eigenvalue weighted by atomic mass is 19.3. The van der Waals surface area contributed by atoms with E-state index in [4.69, 9.17) is 9.47 Å². The summed E-state index contributed by atoms with van der Waals surface area (Å²) in [6, 6.07) is 5.90. The third-order valence-corrected chi connectivity index (χ3v) is 2.60. The van der Waals surface area contributed by atoms with E-state index in [2.05, 4.69) is 0 Å². The molecule has 2 rings (SSSR count). The lowest BCUT2D eigenvalue weighted by molar-refractivity contribution is -0.191. The van der Waals surface area contributed by atoms with Crippen molar-refractivity contribution in [1.82, 2.24) is 4.90 Å². The van der Waals surface area contributed by atoms with E-state index in [0.717, 1.165) is 0 Å². The summed E-state index contributed by atoms with van der Waals surface area (Å²) in [4.78, 5) is 12.6. The Bertz CT molecular complexity index is 462. The molecule has 1 aliphatic heterocycles. The van der Waals surface area contributed by atoms with E-state index in [1.54, 1.807) is 6.07 Å². The number of hydrogen-bond donors (Lipinski definition) is 0. The van der Waals surface area contributed by atoms with Crippen LogP contribution in [-0.2, 0) is 15.4 Å². The Morgan fingerprint density at radius 3 is 2.78 bits per heavy atom. The topological polar surface area (TPSA) is 38.8 Å². The number of nitrogens with zero attached hydrogens (tertiary/aromatic N) is 1. The van der Waals surface area contributed by atoms with Crippen LogP contribution in [0.1, 0.15) is 17.4 Å². The van der Waals surface area contributed by atoms with Crippen LogP contribution in [0.5, 0.6) is 0 Å². The maximum Gasteiger partial charge on any atom is 0.411 e. The summed E-state index contributed by atoms with van der Waals surface area (Å²) < 4.78 is 37.1. The standard InChI is InChI=1S/C12H13F2NO3/c1-15(2)11(16)18-10-8-5-3-4-6-9(8)12(13,14)7-17-10/h3-6,10H,7H2,1-2H3. The maximum absolute atomic E-state index is 13.6. The average Bonchev–Trinajstić information content (AvgIpc) is 2.33. The Morgan fingerprint density at radius 1 is 1.44 bits per heavy atom. The fourth-order valence-corrected chi connectivity index (χ4v) is 1.68. The number of carbonyl (C=O) groups excluding carboxylic acids is 1. The number of fused-ring (bicyclic) bond motifs is 1. The first-order valence-corrected chi connectivity index (χ1v) is 5.38. The number of benzene rings is 1. The number of hydrogen-bond acceptors (Lipinski definition) is 3. The molecule has 0 spiro atoms. The third-order valence-electron chi connectivity index (χ3n) is 2.60. The van der Waals surface area contributed by atoms with Crippen molar-refractivity contribution in [1.29, 1.82) is 0 Å². The van der Waals surface area contributed by atoms with Crippen LogP contribution in [0.25, 0.3) is 0 Å². The molecule has 98 valence electrons. The molecule has 1 atom stereocenters. The van der Waals surface area contributed by atoms with Gasteiger partial charge in [0.05, 0.1) is 0 Å². The van der Waals surface area contributed by atoms with E-state index >= 15 is 0 Å². The second kappa shape index (κ2) is 4.53. The zero-order valence-electron chi connectivity index (χ0n) is 10.0. The highest BCUT2D eigenvalue weighted by Gasteiger charge is 2.42. The van der Waals surface area contributed by atoms with Crippen LogP contribution in [0.3, 0.4) is 0 Å². The minimum absolute atomic E-state index is 0.159. The van der Waals surface area contributed by atoms with Crippen molar-refractivity contribution in [3.05, 3.63) is 35.4 Å². The molecular formula is C12H13F2NO3. The van der Waals surface area contributed by atoms with E-state index in [1.165, 1.54) is 37.2 Å². The van der Waals surface area contributed by atoms with Crippen LogP contribution in [0.15, 0.2) is 24.3 Å². The molecule has 0 radical (unpaired) electrons. The minimum atomic E-state index is -3.06. The summed E-state index contributed by atoms with van der Waals surface area (Å²) in [5, 5.41) is 0. The molecule has 0 bridgehead atoms. The zero-order valence-corrected chi connectivity index (χ0v) is 10.0. The number of amides is 1. The molecule has 1 aliphatic rings. The van der Waals surface area contributed by atoms with Gasteiger partial charge in [-0.05, 0) is 0 Å². The average molecular weight is 257 g/mol. The van der Waals surface area contributed by atoms with Gasteiger partial charge in [-0.1, -0.05) is 24.3 Å². The van der Waals surface area contributed by atoms with Crippen molar-refractivity contribution >= 4 is 6.09 Å². The number of alkyl halides is 2. The second-order valence-electron chi connectivity index (χ2n) is 4.21. The number of rotatable bonds is 1. The maximum atomic E-state index is 13.6. The first-order chi connectivity index (χ1) is 8.42. The highest BCUT2D eigenvalue weighted by molar-refractivity contribution is 5.67. The fraction of sp³-hybridized carbons (Fsp3) is 0.417. The lowest BCUT2D eigenvalue weighted by Crippen LogP contribution is -2.34. The van der Waals surface area contributed by atoms with Crippen molar-refractivity contribution < 1.29 is 23.0 Å². The predicted molar refractivity (Wildman–Crippen MR) is 59.2 cm³/mol. The molecule has 1 aromatic carbocycles. The highest BCUT2D eigenvalue weighted by Crippen LogP contribution is 2.40. The Balaban J connectivity index is 2.29. The molecule has 1 unspecified atom stereocenters. The lowest BCUT2D eigenvalue weighted by Gasteiger charge is -2.31. The van der Waals surface area contributed by atoms with Crippen LogP contribution in [-0.4, -0.2) is 31.7 Å². The SMILES string of the molecule is CN(C)C(=O)OC1OCC(F)(F)c2ccccc21. The monoisotopic (exact) mass is 257 g/mol. The summed E-state index contributed by atoms with van der Waals surface area (Å²) in [7, 11) is 3.01. The van der Waals surface area contributed by atoms with E-state index in [0.29, 0.717) is 0 Å². The van der Waals surface area contributed by atoms with Gasteiger partial charge < -0.3 is 14.4 Å². The van der Waals surface area contributed by atoms with Gasteiger partial charge in [0, 0.05) is 25.2 Å². The van der Waals surface area contributed by atoms with Gasteiger partial charge in [0.1, 0.15) is 6.61 Å². The first kappa shape index (κ1) is 12.8. The summed E-state index contributed by atoms with van der Waals surface area (Å²) in [6.07, 6.45) is -1.73. The van der Waals surface area contributed by atoms with Crippen LogP contribution in [0, 0.1) is 0 Å². The molecule has 0 N–H and O–H groups in total. The van der Waals surface area contributed by atoms with E-state index < -0.39 is 24.9 Å². The fourth-order valence-electron chi connectivity index (χ4n) is 1.68. The minimum Gasteiger partial charge on any atom is -0.415 e. The Hall–Kier alpha value is -1.69. The lowest BCUT2D eigenvalue weighted by atomic mass is 9.99. The van der Waals surface area contributed by atoms with Gasteiger partial charge in [-0.15, -0.1) is 0 Å². The molecule has 0 saturated carbocycles. The van der Waals surface area contributed by atoms with Crippen molar-refractivity contribution in [3.8, 4) is 0 Å².